The summed E-state index contributed by atoms with van der Waals surface area (Å²) in [5, 5.41) is 3.35. The molecule has 0 aromatic heterocycles. The Hall–Kier alpha value is -0.860. The zero-order valence-corrected chi connectivity index (χ0v) is 19.5. The minimum Gasteiger partial charge on any atom is -0.373 e. The lowest BCUT2D eigenvalue weighted by Crippen LogP contribution is -2.56. The van der Waals surface area contributed by atoms with Crippen LogP contribution in [0.1, 0.15) is 51.7 Å². The lowest BCUT2D eigenvalue weighted by atomic mass is 9.90. The fourth-order valence-electron chi connectivity index (χ4n) is 4.13. The number of morpholine rings is 1. The molecule has 1 aromatic rings. The smallest absolute Gasteiger partial charge is 0.193 e. The zero-order chi connectivity index (χ0) is 18.7. The van der Waals surface area contributed by atoms with Crippen molar-refractivity contribution in [3.63, 3.8) is 0 Å². The van der Waals surface area contributed by atoms with E-state index >= 15 is 0 Å². The number of benzene rings is 1. The highest BCUT2D eigenvalue weighted by atomic mass is 127. The number of aryl methyl sites for hydroxylation is 1. The maximum atomic E-state index is 6.23. The minimum atomic E-state index is -0.0469. The molecule has 3 N–H and O–H groups in total. The number of ether oxygens (including phenoxy) is 1. The standard InChI is InChI=1S/C21H34N4O.HI/c1-15-12-25(13-16(2)26-15)21(3,4)14-23-20(22)24-19-11-7-9-17-8-5-6-10-18(17)19;/h7,9,11,15-16H,5-6,8,10,12-14H2,1-4H3,(H3,22,23,24);1H. The van der Waals surface area contributed by atoms with E-state index in [9.17, 15) is 0 Å². The molecule has 152 valence electrons. The van der Waals surface area contributed by atoms with Gasteiger partial charge in [0.15, 0.2) is 5.96 Å². The van der Waals surface area contributed by atoms with Gasteiger partial charge < -0.3 is 15.8 Å². The highest BCUT2D eigenvalue weighted by molar-refractivity contribution is 14.0. The molecule has 1 fully saturated rings. The number of fused-ring (bicyclic) bond motifs is 1. The summed E-state index contributed by atoms with van der Waals surface area (Å²) >= 11 is 0. The Kier molecular flexibility index (Phi) is 7.94. The van der Waals surface area contributed by atoms with E-state index in [0.29, 0.717) is 12.5 Å². The van der Waals surface area contributed by atoms with Gasteiger partial charge in [-0.25, -0.2) is 0 Å². The average Bonchev–Trinajstić information content (AvgIpc) is 2.60. The van der Waals surface area contributed by atoms with Gasteiger partial charge in [0.1, 0.15) is 0 Å². The second-order valence-electron chi connectivity index (χ2n) is 8.45. The van der Waals surface area contributed by atoms with Crippen LogP contribution >= 0.6 is 24.0 Å². The third-order valence-electron chi connectivity index (χ3n) is 5.57. The number of guanidine groups is 1. The van der Waals surface area contributed by atoms with Crippen LogP contribution in [0, 0.1) is 0 Å². The summed E-state index contributed by atoms with van der Waals surface area (Å²) in [4.78, 5) is 7.13. The number of nitrogens with one attached hydrogen (secondary N) is 1. The van der Waals surface area contributed by atoms with Crippen LogP contribution in [0.3, 0.4) is 0 Å². The minimum absolute atomic E-state index is 0. The van der Waals surface area contributed by atoms with Crippen LogP contribution in [0.15, 0.2) is 23.2 Å². The van der Waals surface area contributed by atoms with Crippen molar-refractivity contribution in [2.24, 2.45) is 10.7 Å². The Morgan fingerprint density at radius 1 is 1.22 bits per heavy atom. The summed E-state index contributed by atoms with van der Waals surface area (Å²) < 4.78 is 5.85. The molecule has 3 rings (SSSR count). The van der Waals surface area contributed by atoms with E-state index in [0.717, 1.165) is 25.2 Å². The second-order valence-corrected chi connectivity index (χ2v) is 8.45. The Morgan fingerprint density at radius 2 is 1.89 bits per heavy atom. The van der Waals surface area contributed by atoms with Gasteiger partial charge in [0.2, 0.25) is 0 Å². The molecule has 1 aliphatic carbocycles. The number of halogens is 1. The quantitative estimate of drug-likeness (QED) is 0.386. The van der Waals surface area contributed by atoms with Crippen molar-refractivity contribution in [3.05, 3.63) is 29.3 Å². The topological polar surface area (TPSA) is 62.9 Å². The van der Waals surface area contributed by atoms with Gasteiger partial charge in [0, 0.05) is 24.3 Å². The summed E-state index contributed by atoms with van der Waals surface area (Å²) in [6, 6.07) is 6.46. The SMILES string of the molecule is CC1CN(C(C)(C)CN=C(N)Nc2cccc3c2CCCC3)CC(C)O1.I. The first-order valence-electron chi connectivity index (χ1n) is 9.93. The summed E-state index contributed by atoms with van der Waals surface area (Å²) in [6.45, 7) is 11.3. The van der Waals surface area contributed by atoms with Crippen molar-refractivity contribution < 1.29 is 4.74 Å². The summed E-state index contributed by atoms with van der Waals surface area (Å²) in [6.07, 6.45) is 5.35. The van der Waals surface area contributed by atoms with Gasteiger partial charge in [-0.15, -0.1) is 24.0 Å². The van der Waals surface area contributed by atoms with Crippen LogP contribution in [0.2, 0.25) is 0 Å². The van der Waals surface area contributed by atoms with Crippen molar-refractivity contribution in [1.29, 1.82) is 0 Å². The van der Waals surface area contributed by atoms with Crippen molar-refractivity contribution in [2.45, 2.75) is 71.1 Å². The Labute approximate surface area is 181 Å². The molecule has 0 bridgehead atoms. The maximum absolute atomic E-state index is 6.23. The molecular weight excluding hydrogens is 451 g/mol. The van der Waals surface area contributed by atoms with Crippen LogP contribution in [-0.4, -0.2) is 48.2 Å². The molecule has 5 nitrogen and oxygen atoms in total. The molecule has 2 atom stereocenters. The largest absolute Gasteiger partial charge is 0.373 e. The van der Waals surface area contributed by atoms with Crippen molar-refractivity contribution in [3.8, 4) is 0 Å². The van der Waals surface area contributed by atoms with Crippen molar-refractivity contribution in [1.82, 2.24) is 4.90 Å². The molecule has 1 aliphatic heterocycles. The predicted molar refractivity (Wildman–Crippen MR) is 124 cm³/mol. The van der Waals surface area contributed by atoms with Gasteiger partial charge in [-0.05, 0) is 70.6 Å². The third-order valence-corrected chi connectivity index (χ3v) is 5.57. The lowest BCUT2D eigenvalue weighted by molar-refractivity contribution is -0.0939. The first-order chi connectivity index (χ1) is 12.3. The van der Waals surface area contributed by atoms with E-state index in [1.165, 1.54) is 30.4 Å². The monoisotopic (exact) mass is 486 g/mol. The van der Waals surface area contributed by atoms with E-state index in [2.05, 4.69) is 61.1 Å². The van der Waals surface area contributed by atoms with E-state index in [-0.39, 0.29) is 41.7 Å². The van der Waals surface area contributed by atoms with Gasteiger partial charge in [-0.3, -0.25) is 9.89 Å². The van der Waals surface area contributed by atoms with E-state index in [1.54, 1.807) is 0 Å². The number of aliphatic imine (C=N–C) groups is 1. The fourth-order valence-corrected chi connectivity index (χ4v) is 4.13. The number of anilines is 1. The van der Waals surface area contributed by atoms with Crippen LogP contribution in [-0.2, 0) is 17.6 Å². The van der Waals surface area contributed by atoms with E-state index < -0.39 is 0 Å². The molecule has 2 unspecified atom stereocenters. The maximum Gasteiger partial charge on any atom is 0.193 e. The Morgan fingerprint density at radius 3 is 2.59 bits per heavy atom. The first kappa shape index (κ1) is 22.4. The van der Waals surface area contributed by atoms with Crippen LogP contribution in [0.4, 0.5) is 5.69 Å². The molecule has 2 aliphatic rings. The number of nitrogens with two attached hydrogens (primary N) is 1. The molecule has 0 spiro atoms. The summed E-state index contributed by atoms with van der Waals surface area (Å²) in [5.41, 5.74) is 10.2. The van der Waals surface area contributed by atoms with Crippen molar-refractivity contribution in [2.75, 3.05) is 25.0 Å². The van der Waals surface area contributed by atoms with E-state index in [1.807, 2.05) is 0 Å². The highest BCUT2D eigenvalue weighted by Gasteiger charge is 2.33. The summed E-state index contributed by atoms with van der Waals surface area (Å²) in [7, 11) is 0. The fraction of sp³-hybridized carbons (Fsp3) is 0.667. The molecular formula is C21H35IN4O. The Bertz CT molecular complexity index is 652. The van der Waals surface area contributed by atoms with Gasteiger partial charge in [-0.1, -0.05) is 12.1 Å². The van der Waals surface area contributed by atoms with Crippen LogP contribution in [0.5, 0.6) is 0 Å². The molecule has 1 aromatic carbocycles. The molecule has 27 heavy (non-hydrogen) atoms. The normalized spacial score (nSPS) is 24.1. The molecule has 0 amide bonds. The number of nitrogens with zero attached hydrogens (tertiary/aromatic N) is 2. The van der Waals surface area contributed by atoms with E-state index in [4.69, 9.17) is 10.5 Å². The van der Waals surface area contributed by atoms with Crippen LogP contribution in [0.25, 0.3) is 0 Å². The number of hydrogen-bond acceptors (Lipinski definition) is 3. The van der Waals surface area contributed by atoms with Gasteiger partial charge >= 0.3 is 0 Å². The number of rotatable bonds is 4. The van der Waals surface area contributed by atoms with Gasteiger partial charge in [0.05, 0.1) is 18.8 Å². The second kappa shape index (κ2) is 9.56. The average molecular weight is 486 g/mol. The van der Waals surface area contributed by atoms with Gasteiger partial charge in [0.25, 0.3) is 0 Å². The van der Waals surface area contributed by atoms with Crippen molar-refractivity contribution >= 4 is 35.6 Å². The molecule has 1 saturated heterocycles. The number of hydrogen-bond donors (Lipinski definition) is 2. The summed E-state index contributed by atoms with van der Waals surface area (Å²) in [5.74, 6) is 0.506. The lowest BCUT2D eigenvalue weighted by Gasteiger charge is -2.44. The third kappa shape index (κ3) is 5.81. The highest BCUT2D eigenvalue weighted by Crippen LogP contribution is 2.28. The zero-order valence-electron chi connectivity index (χ0n) is 17.1. The molecule has 0 saturated carbocycles. The van der Waals surface area contributed by atoms with Gasteiger partial charge in [-0.2, -0.15) is 0 Å². The molecule has 6 heteroatoms. The molecule has 0 radical (unpaired) electrons. The predicted octanol–water partition coefficient (Wildman–Crippen LogP) is 3.80. The first-order valence-corrected chi connectivity index (χ1v) is 9.93. The van der Waals surface area contributed by atoms with Crippen LogP contribution < -0.4 is 11.1 Å². The Balaban J connectivity index is 0.00000261. The molecule has 1 heterocycles.